The first-order chi connectivity index (χ1) is 27.1. The van der Waals surface area contributed by atoms with Gasteiger partial charge in [-0.2, -0.15) is 26.6 Å². The van der Waals surface area contributed by atoms with Gasteiger partial charge in [-0.15, -0.1) is 5.10 Å². The Morgan fingerprint density at radius 3 is 2.22 bits per heavy atom. The van der Waals surface area contributed by atoms with Crippen molar-refractivity contribution in [3.05, 3.63) is 109 Å². The normalized spacial score (nSPS) is 13.1. The molecule has 18 nitrogen and oxygen atoms in total. The summed E-state index contributed by atoms with van der Waals surface area (Å²) in [6, 6.07) is 7.48. The van der Waals surface area contributed by atoms with Crippen molar-refractivity contribution in [2.45, 2.75) is 50.7 Å². The van der Waals surface area contributed by atoms with Gasteiger partial charge >= 0.3 is 23.8 Å². The lowest BCUT2D eigenvalue weighted by Crippen LogP contribution is -2.40. The average molecular weight is 897 g/mol. The number of nitrogens with one attached hydrogen (secondary N) is 1. The Balaban J connectivity index is 0.000000255. The van der Waals surface area contributed by atoms with E-state index in [0.717, 1.165) is 35.8 Å². The van der Waals surface area contributed by atoms with Gasteiger partial charge in [-0.3, -0.25) is 23.4 Å². The summed E-state index contributed by atoms with van der Waals surface area (Å²) in [7, 11) is -6.55. The summed E-state index contributed by atoms with van der Waals surface area (Å²) < 4.78 is 109. The fraction of sp³-hybridized carbons (Fsp3) is 0.303. The van der Waals surface area contributed by atoms with Crippen LogP contribution in [0.15, 0.2) is 69.5 Å². The smallest absolute Gasteiger partial charge is 0.431 e. The Kier molecular flexibility index (Phi) is 15.4. The third kappa shape index (κ3) is 13.0. The number of anilines is 1. The number of carbonyl (C=O) groups excluding carboxylic acids is 1. The van der Waals surface area contributed by atoms with Crippen molar-refractivity contribution in [3.63, 3.8) is 0 Å². The topological polar surface area (TPSA) is 260 Å². The maximum atomic E-state index is 13.5. The number of fused-ring (bicyclic) bond motifs is 1. The number of hydrogen-bond acceptors (Lipinski definition) is 12. The number of carbonyl (C=O) groups is 2. The molecule has 0 radical (unpaired) electrons. The van der Waals surface area contributed by atoms with Crippen LogP contribution >= 0.6 is 19.0 Å². The van der Waals surface area contributed by atoms with Crippen LogP contribution in [-0.2, 0) is 37.3 Å². The van der Waals surface area contributed by atoms with Crippen molar-refractivity contribution in [1.82, 2.24) is 28.7 Å². The molecule has 5 rings (SSSR count). The third-order valence-corrected chi connectivity index (χ3v) is 9.86. The van der Waals surface area contributed by atoms with Crippen LogP contribution in [0.3, 0.4) is 0 Å². The zero-order chi connectivity index (χ0) is 44.8. The number of hydrogen-bond donors (Lipinski definition) is 4. The Hall–Kier alpha value is -5.55. The van der Waals surface area contributed by atoms with E-state index in [9.17, 15) is 54.1 Å². The van der Waals surface area contributed by atoms with Gasteiger partial charge < -0.3 is 20.5 Å². The van der Waals surface area contributed by atoms with E-state index in [1.807, 2.05) is 0 Å². The molecule has 0 spiro atoms. The van der Waals surface area contributed by atoms with Gasteiger partial charge in [-0.1, -0.05) is 17.7 Å². The van der Waals surface area contributed by atoms with Gasteiger partial charge in [0.05, 0.1) is 22.4 Å². The van der Waals surface area contributed by atoms with E-state index >= 15 is 0 Å². The first-order valence-corrected chi connectivity index (χ1v) is 20.6. The second kappa shape index (κ2) is 19.0. The number of carboxylic acid groups (broad SMARTS) is 1. The summed E-state index contributed by atoms with van der Waals surface area (Å²) in [6.07, 6.45) is -3.82. The number of para-hydroxylation sites is 1. The minimum Gasteiger partial charge on any atom is -0.480 e. The van der Waals surface area contributed by atoms with Gasteiger partial charge in [0.15, 0.2) is 7.37 Å². The molecule has 0 aliphatic carbocycles. The number of nitrogens with zero attached hydrogens (tertiary/aromatic N) is 6. The first-order valence-electron chi connectivity index (χ1n) is 16.5. The van der Waals surface area contributed by atoms with Crippen LogP contribution in [0.4, 0.5) is 27.6 Å². The van der Waals surface area contributed by atoms with Crippen LogP contribution in [-0.4, -0.2) is 84.0 Å². The Bertz CT molecular complexity index is 2630. The number of aryl methyl sites for hydroxylation is 1. The van der Waals surface area contributed by atoms with Crippen molar-refractivity contribution >= 4 is 52.4 Å². The molecule has 5 N–H and O–H groups in total. The van der Waals surface area contributed by atoms with E-state index in [1.54, 1.807) is 31.6 Å². The number of rotatable bonds is 10. The van der Waals surface area contributed by atoms with E-state index in [0.29, 0.717) is 20.9 Å². The molecule has 26 heteroatoms. The fourth-order valence-corrected chi connectivity index (χ4v) is 6.36. The summed E-state index contributed by atoms with van der Waals surface area (Å²) in [6.45, 7) is 6.12. The molecule has 0 saturated heterocycles. The van der Waals surface area contributed by atoms with Gasteiger partial charge in [-0.05, 0) is 63.6 Å². The Morgan fingerprint density at radius 1 is 1.07 bits per heavy atom. The van der Waals surface area contributed by atoms with E-state index in [1.165, 1.54) is 25.0 Å². The molecule has 2 unspecified atom stereocenters. The highest BCUT2D eigenvalue weighted by Crippen LogP contribution is 2.35. The fourth-order valence-electron chi connectivity index (χ4n) is 4.46. The zero-order valence-corrected chi connectivity index (χ0v) is 33.8. The second-order valence-electron chi connectivity index (χ2n) is 12.6. The number of aromatic nitrogens is 6. The number of nitrogens with two attached hydrogens (primary N) is 1. The molecular weight excluding hydrogens is 862 g/mol. The van der Waals surface area contributed by atoms with Gasteiger partial charge in [0.2, 0.25) is 0 Å². The standard InChI is InChI=1S/C16H14ClF3N2O4.C12H9F2N5O2S.C5H12NO4P/c1-8(2)26-14(24)10-6-9(4-5-11(10)17)22-13(23)7-12(16(18,19)20)21(3)15(22)25;1-7-5-6-19-11(15-7)16-12(17-19)22(20,21)18-10-8(13)3-2-4-9(10)14;1-11(9,10)3-2-4(6)5(7)8/h4-8H,1-3H3;2-6,18H,1H3;4H,2-3,6H2,1H3,(H,7,8)(H,9,10). The summed E-state index contributed by atoms with van der Waals surface area (Å²) in [5.41, 5.74) is 0.922. The molecule has 2 aromatic carbocycles. The summed E-state index contributed by atoms with van der Waals surface area (Å²) in [4.78, 5) is 63.1. The highest BCUT2D eigenvalue weighted by molar-refractivity contribution is 7.92. The summed E-state index contributed by atoms with van der Waals surface area (Å²) >= 11 is 5.94. The van der Waals surface area contributed by atoms with Crippen molar-refractivity contribution in [1.29, 1.82) is 0 Å². The zero-order valence-electron chi connectivity index (χ0n) is 31.3. The number of carboxylic acids is 1. The lowest BCUT2D eigenvalue weighted by atomic mass is 10.2. The minimum absolute atomic E-state index is 0.0104. The maximum absolute atomic E-state index is 13.5. The van der Waals surface area contributed by atoms with Crippen molar-refractivity contribution < 1.29 is 59.3 Å². The largest absolute Gasteiger partial charge is 0.480 e. The number of sulfonamides is 1. The van der Waals surface area contributed by atoms with Crippen LogP contribution in [0.1, 0.15) is 42.0 Å². The molecule has 2 atom stereocenters. The van der Waals surface area contributed by atoms with E-state index in [-0.39, 0.29) is 34.6 Å². The van der Waals surface area contributed by atoms with E-state index in [2.05, 4.69) is 15.1 Å². The van der Waals surface area contributed by atoms with Crippen molar-refractivity contribution in [2.75, 3.05) is 17.5 Å². The van der Waals surface area contributed by atoms with Crippen LogP contribution in [0.2, 0.25) is 5.02 Å². The highest BCUT2D eigenvalue weighted by Gasteiger charge is 2.35. The number of aliphatic carboxylic acids is 1. The third-order valence-electron chi connectivity index (χ3n) is 7.32. The molecular formula is C33H35ClF5N8O10PS. The van der Waals surface area contributed by atoms with Crippen LogP contribution < -0.4 is 21.7 Å². The highest BCUT2D eigenvalue weighted by atomic mass is 35.5. The molecule has 0 aliphatic heterocycles. The molecule has 59 heavy (non-hydrogen) atoms. The van der Waals surface area contributed by atoms with Crippen LogP contribution in [0.5, 0.6) is 0 Å². The predicted molar refractivity (Wildman–Crippen MR) is 201 cm³/mol. The van der Waals surface area contributed by atoms with Crippen molar-refractivity contribution in [2.24, 2.45) is 12.8 Å². The number of esters is 1. The molecule has 0 bridgehead atoms. The van der Waals surface area contributed by atoms with Crippen LogP contribution in [0.25, 0.3) is 11.5 Å². The number of ether oxygens (including phenoxy) is 1. The lowest BCUT2D eigenvalue weighted by Gasteiger charge is -2.15. The molecule has 0 aliphatic rings. The number of benzene rings is 2. The van der Waals surface area contributed by atoms with Gasteiger partial charge in [-0.25, -0.2) is 32.4 Å². The molecule has 5 aromatic rings. The summed E-state index contributed by atoms with van der Waals surface area (Å²) in [5, 5.41) is 11.4. The quantitative estimate of drug-likeness (QED) is 0.0879. The van der Waals surface area contributed by atoms with Gasteiger partial charge in [0.1, 0.15) is 29.1 Å². The second-order valence-corrected chi connectivity index (χ2v) is 17.1. The maximum Gasteiger partial charge on any atom is 0.431 e. The molecule has 3 aromatic heterocycles. The minimum atomic E-state index is -4.86. The first kappa shape index (κ1) is 47.8. The monoisotopic (exact) mass is 896 g/mol. The predicted octanol–water partition coefficient (Wildman–Crippen LogP) is 3.97. The molecule has 320 valence electrons. The molecule has 0 amide bonds. The molecule has 3 heterocycles. The number of alkyl halides is 3. The van der Waals surface area contributed by atoms with Gasteiger partial charge in [0.25, 0.3) is 26.5 Å². The average Bonchev–Trinajstić information content (AvgIpc) is 3.55. The Morgan fingerprint density at radius 2 is 1.68 bits per heavy atom. The van der Waals surface area contributed by atoms with Crippen LogP contribution in [0, 0.1) is 18.6 Å². The Labute approximate surface area is 335 Å². The van der Waals surface area contributed by atoms with E-state index in [4.69, 9.17) is 32.1 Å². The lowest BCUT2D eigenvalue weighted by molar-refractivity contribution is -0.144. The summed E-state index contributed by atoms with van der Waals surface area (Å²) in [5.74, 6) is -3.95. The molecule has 0 saturated carbocycles. The van der Waals surface area contributed by atoms with Gasteiger partial charge in [0, 0.05) is 37.8 Å². The molecule has 0 fully saturated rings. The van der Waals surface area contributed by atoms with Crippen molar-refractivity contribution in [3.8, 4) is 5.69 Å². The number of halogens is 6. The SMILES string of the molecule is CC(C)OC(=O)c1cc(-n2c(=O)cc(C(F)(F)F)n(C)c2=O)ccc1Cl.CP(=O)(O)CCC(N)C(=O)O.Cc1ccn2nc(S(=O)(=O)Nc3c(F)cccc3F)nc2n1. The van der Waals surface area contributed by atoms with E-state index < -0.39 is 87.1 Å².